The number of aromatic nitrogens is 1. The molecular formula is C22H17NO2S. The van der Waals surface area contributed by atoms with Crippen LogP contribution in [-0.4, -0.2) is 11.0 Å². The molecule has 3 nitrogen and oxygen atoms in total. The van der Waals surface area contributed by atoms with Crippen LogP contribution in [0.15, 0.2) is 72.1 Å². The Morgan fingerprint density at radius 1 is 1.04 bits per heavy atom. The van der Waals surface area contributed by atoms with E-state index in [-0.39, 0.29) is 12.4 Å². The second-order valence-corrected chi connectivity index (χ2v) is 7.00. The second kappa shape index (κ2) is 7.10. The Morgan fingerprint density at radius 2 is 1.85 bits per heavy atom. The van der Waals surface area contributed by atoms with Gasteiger partial charge in [0, 0.05) is 16.3 Å². The molecule has 0 radical (unpaired) electrons. The Morgan fingerprint density at radius 3 is 2.73 bits per heavy atom. The van der Waals surface area contributed by atoms with Crippen molar-refractivity contribution < 1.29 is 9.53 Å². The quantitative estimate of drug-likeness (QED) is 0.361. The lowest BCUT2D eigenvalue weighted by Crippen LogP contribution is -2.11. The molecule has 0 amide bonds. The molecular weight excluding hydrogens is 342 g/mol. The van der Waals surface area contributed by atoms with E-state index in [1.54, 1.807) is 11.3 Å². The zero-order valence-electron chi connectivity index (χ0n) is 14.3. The summed E-state index contributed by atoms with van der Waals surface area (Å²) in [5, 5.41) is 4.82. The monoisotopic (exact) mass is 359 g/mol. The smallest absolute Gasteiger partial charge is 0.317 e. The van der Waals surface area contributed by atoms with Gasteiger partial charge in [-0.2, -0.15) is 0 Å². The van der Waals surface area contributed by atoms with Gasteiger partial charge in [0.2, 0.25) is 0 Å². The van der Waals surface area contributed by atoms with Crippen molar-refractivity contribution in [2.45, 2.75) is 13.3 Å². The lowest BCUT2D eigenvalue weighted by molar-refractivity contribution is -0.133. The van der Waals surface area contributed by atoms with Crippen molar-refractivity contribution in [2.24, 2.45) is 0 Å². The summed E-state index contributed by atoms with van der Waals surface area (Å²) in [4.78, 5) is 17.0. The predicted molar refractivity (Wildman–Crippen MR) is 106 cm³/mol. The normalized spacial score (nSPS) is 10.8. The first kappa shape index (κ1) is 16.5. The zero-order valence-corrected chi connectivity index (χ0v) is 15.1. The van der Waals surface area contributed by atoms with Gasteiger partial charge in [-0.15, -0.1) is 11.3 Å². The van der Waals surface area contributed by atoms with E-state index in [2.05, 4.69) is 24.0 Å². The van der Waals surface area contributed by atoms with Crippen LogP contribution in [0.4, 0.5) is 0 Å². The van der Waals surface area contributed by atoms with Gasteiger partial charge in [-0.3, -0.25) is 4.79 Å². The molecule has 0 saturated carbocycles. The SMILES string of the molecule is Cc1cccc(-c2nc(CC(=O)Oc3cccc4ccccc34)cs2)c1. The van der Waals surface area contributed by atoms with Crippen molar-refractivity contribution in [1.29, 1.82) is 0 Å². The lowest BCUT2D eigenvalue weighted by atomic mass is 10.1. The first-order chi connectivity index (χ1) is 12.7. The van der Waals surface area contributed by atoms with Gasteiger partial charge in [0.1, 0.15) is 10.8 Å². The summed E-state index contributed by atoms with van der Waals surface area (Å²) in [6, 6.07) is 21.8. The molecule has 128 valence electrons. The number of carbonyl (C=O) groups is 1. The molecule has 4 rings (SSSR count). The first-order valence-corrected chi connectivity index (χ1v) is 9.27. The Labute approximate surface area is 155 Å². The molecule has 0 saturated heterocycles. The van der Waals surface area contributed by atoms with E-state index in [1.165, 1.54) is 5.56 Å². The fourth-order valence-corrected chi connectivity index (χ4v) is 3.71. The number of aryl methyl sites for hydroxylation is 1. The summed E-state index contributed by atoms with van der Waals surface area (Å²) in [6.07, 6.45) is 0.158. The van der Waals surface area contributed by atoms with Crippen LogP contribution in [0.25, 0.3) is 21.3 Å². The third kappa shape index (κ3) is 3.51. The molecule has 3 aromatic carbocycles. The van der Waals surface area contributed by atoms with Gasteiger partial charge in [0.15, 0.2) is 0 Å². The van der Waals surface area contributed by atoms with E-state index in [0.717, 1.165) is 27.0 Å². The van der Waals surface area contributed by atoms with Crippen LogP contribution in [-0.2, 0) is 11.2 Å². The van der Waals surface area contributed by atoms with Gasteiger partial charge in [0.05, 0.1) is 12.1 Å². The Hall–Kier alpha value is -2.98. The zero-order chi connectivity index (χ0) is 17.9. The van der Waals surface area contributed by atoms with Gasteiger partial charge >= 0.3 is 5.97 Å². The maximum absolute atomic E-state index is 12.4. The van der Waals surface area contributed by atoms with Gasteiger partial charge in [-0.1, -0.05) is 60.2 Å². The van der Waals surface area contributed by atoms with Crippen LogP contribution < -0.4 is 4.74 Å². The lowest BCUT2D eigenvalue weighted by Gasteiger charge is -2.07. The minimum atomic E-state index is -0.303. The molecule has 26 heavy (non-hydrogen) atoms. The minimum absolute atomic E-state index is 0.158. The van der Waals surface area contributed by atoms with E-state index < -0.39 is 0 Å². The molecule has 0 aliphatic heterocycles. The van der Waals surface area contributed by atoms with Crippen LogP contribution in [0.2, 0.25) is 0 Å². The predicted octanol–water partition coefficient (Wildman–Crippen LogP) is 5.42. The molecule has 0 N–H and O–H groups in total. The minimum Gasteiger partial charge on any atom is -0.426 e. The molecule has 1 aromatic heterocycles. The highest BCUT2D eigenvalue weighted by atomic mass is 32.1. The molecule has 0 aliphatic rings. The van der Waals surface area contributed by atoms with E-state index in [9.17, 15) is 4.79 Å². The highest BCUT2D eigenvalue weighted by Gasteiger charge is 2.12. The van der Waals surface area contributed by atoms with Crippen LogP contribution >= 0.6 is 11.3 Å². The fourth-order valence-electron chi connectivity index (χ4n) is 2.89. The van der Waals surface area contributed by atoms with Crippen molar-refractivity contribution in [3.8, 4) is 16.3 Å². The third-order valence-electron chi connectivity index (χ3n) is 4.12. The molecule has 1 heterocycles. The highest BCUT2D eigenvalue weighted by molar-refractivity contribution is 7.13. The number of rotatable bonds is 4. The Balaban J connectivity index is 1.50. The van der Waals surface area contributed by atoms with Crippen molar-refractivity contribution >= 4 is 28.1 Å². The summed E-state index contributed by atoms with van der Waals surface area (Å²) in [5.41, 5.74) is 3.00. The van der Waals surface area contributed by atoms with E-state index in [0.29, 0.717) is 5.75 Å². The average Bonchev–Trinajstić information content (AvgIpc) is 3.10. The molecule has 0 atom stereocenters. The van der Waals surface area contributed by atoms with Gasteiger partial charge < -0.3 is 4.74 Å². The number of hydrogen-bond acceptors (Lipinski definition) is 4. The number of fused-ring (bicyclic) bond motifs is 1. The van der Waals surface area contributed by atoms with Crippen molar-refractivity contribution in [3.63, 3.8) is 0 Å². The number of esters is 1. The number of ether oxygens (including phenoxy) is 1. The maximum Gasteiger partial charge on any atom is 0.317 e. The third-order valence-corrected chi connectivity index (χ3v) is 5.06. The number of benzene rings is 3. The van der Waals surface area contributed by atoms with Gasteiger partial charge in [-0.25, -0.2) is 4.98 Å². The van der Waals surface area contributed by atoms with Crippen LogP contribution in [0.5, 0.6) is 5.75 Å². The van der Waals surface area contributed by atoms with Crippen molar-refractivity contribution in [3.05, 3.63) is 83.4 Å². The van der Waals surface area contributed by atoms with E-state index in [4.69, 9.17) is 4.74 Å². The molecule has 0 aliphatic carbocycles. The molecule has 0 spiro atoms. The van der Waals surface area contributed by atoms with Crippen molar-refractivity contribution in [2.75, 3.05) is 0 Å². The summed E-state index contributed by atoms with van der Waals surface area (Å²) < 4.78 is 5.59. The largest absolute Gasteiger partial charge is 0.426 e. The second-order valence-electron chi connectivity index (χ2n) is 6.14. The summed E-state index contributed by atoms with van der Waals surface area (Å²) in [6.45, 7) is 2.06. The summed E-state index contributed by atoms with van der Waals surface area (Å²) in [7, 11) is 0. The molecule has 4 aromatic rings. The molecule has 0 bridgehead atoms. The summed E-state index contributed by atoms with van der Waals surface area (Å²) in [5.74, 6) is 0.282. The summed E-state index contributed by atoms with van der Waals surface area (Å²) >= 11 is 1.54. The number of carbonyl (C=O) groups excluding carboxylic acids is 1. The Bertz CT molecular complexity index is 1080. The first-order valence-electron chi connectivity index (χ1n) is 8.39. The standard InChI is InChI=1S/C22H17NO2S/c1-15-6-4-9-17(12-15)22-23-18(14-26-22)13-21(24)25-20-11-5-8-16-7-2-3-10-19(16)20/h2-12,14H,13H2,1H3. The number of nitrogens with zero attached hydrogens (tertiary/aromatic N) is 1. The molecule has 0 fully saturated rings. The van der Waals surface area contributed by atoms with Crippen LogP contribution in [0, 0.1) is 6.92 Å². The molecule has 4 heteroatoms. The molecule has 0 unspecified atom stereocenters. The number of thiazole rings is 1. The maximum atomic E-state index is 12.4. The van der Waals surface area contributed by atoms with Crippen LogP contribution in [0.1, 0.15) is 11.3 Å². The Kier molecular flexibility index (Phi) is 4.50. The van der Waals surface area contributed by atoms with E-state index in [1.807, 2.05) is 60.0 Å². The van der Waals surface area contributed by atoms with E-state index >= 15 is 0 Å². The number of hydrogen-bond donors (Lipinski definition) is 0. The topological polar surface area (TPSA) is 39.2 Å². The average molecular weight is 359 g/mol. The van der Waals surface area contributed by atoms with Crippen LogP contribution in [0.3, 0.4) is 0 Å². The van der Waals surface area contributed by atoms with Crippen molar-refractivity contribution in [1.82, 2.24) is 4.98 Å². The van der Waals surface area contributed by atoms with Gasteiger partial charge in [-0.05, 0) is 24.4 Å². The fraction of sp³-hybridized carbons (Fsp3) is 0.0909. The van der Waals surface area contributed by atoms with Gasteiger partial charge in [0.25, 0.3) is 0 Å². The highest BCUT2D eigenvalue weighted by Crippen LogP contribution is 2.27.